The fourth-order valence-corrected chi connectivity index (χ4v) is 6.03. The van der Waals surface area contributed by atoms with Gasteiger partial charge in [-0.2, -0.15) is 5.26 Å². The first-order valence-electron chi connectivity index (χ1n) is 14.9. The highest BCUT2D eigenvalue weighted by atomic mass is 16.5. The van der Waals surface area contributed by atoms with Gasteiger partial charge in [-0.1, -0.05) is 36.4 Å². The molecule has 0 bridgehead atoms. The normalized spacial score (nSPS) is 14.1. The van der Waals surface area contributed by atoms with Crippen molar-refractivity contribution in [2.24, 2.45) is 0 Å². The molecule has 1 aliphatic rings. The zero-order chi connectivity index (χ0) is 30.5. The molecule has 1 saturated heterocycles. The molecule has 224 valence electrons. The van der Waals surface area contributed by atoms with Crippen molar-refractivity contribution in [3.05, 3.63) is 101 Å². The molecule has 1 aliphatic heterocycles. The molecule has 1 fully saturated rings. The summed E-state index contributed by atoms with van der Waals surface area (Å²) in [5.74, 6) is 1.55. The molecule has 3 heterocycles. The van der Waals surface area contributed by atoms with E-state index in [4.69, 9.17) is 24.2 Å². The number of pyridine rings is 1. The number of imidazole rings is 1. The molecule has 2 aromatic heterocycles. The van der Waals surface area contributed by atoms with Crippen LogP contribution >= 0.6 is 0 Å². The van der Waals surface area contributed by atoms with Crippen LogP contribution < -0.4 is 4.74 Å². The van der Waals surface area contributed by atoms with Crippen LogP contribution in [0, 0.1) is 11.3 Å². The SMILES string of the molecule is COCCn1c(CN2CCC(c3cccc(OCc4ccc(C#N)c5ccccc45)n3)CC2)nc2ccc(C(=O)OC)cc21. The number of nitriles is 1. The van der Waals surface area contributed by atoms with Crippen LogP contribution in [0.5, 0.6) is 5.88 Å². The number of rotatable bonds is 10. The second kappa shape index (κ2) is 13.2. The Kier molecular flexibility index (Phi) is 8.82. The molecular formula is C35H35N5O4. The maximum Gasteiger partial charge on any atom is 0.337 e. The number of esters is 1. The largest absolute Gasteiger partial charge is 0.473 e. The molecular weight excluding hydrogens is 554 g/mol. The summed E-state index contributed by atoms with van der Waals surface area (Å²) in [4.78, 5) is 24.4. The van der Waals surface area contributed by atoms with E-state index in [1.165, 1.54) is 7.11 Å². The summed E-state index contributed by atoms with van der Waals surface area (Å²) < 4.78 is 18.6. The number of nitrogens with zero attached hydrogens (tertiary/aromatic N) is 5. The first kappa shape index (κ1) is 29.3. The standard InChI is InChI=1S/C35H35N5O4/c1-42-19-18-40-32-20-25(35(41)43-2)12-13-31(32)37-33(40)22-39-16-14-24(15-17-39)30-8-5-9-34(38-30)44-23-27-11-10-26(21-36)28-6-3-4-7-29(27)28/h3-13,20,24H,14-19,22-23H2,1-2H3. The number of aromatic nitrogens is 3. The van der Waals surface area contributed by atoms with Crippen molar-refractivity contribution >= 4 is 27.8 Å². The molecule has 0 aliphatic carbocycles. The molecule has 0 spiro atoms. The van der Waals surface area contributed by atoms with E-state index >= 15 is 0 Å². The molecule has 44 heavy (non-hydrogen) atoms. The lowest BCUT2D eigenvalue weighted by Crippen LogP contribution is -2.33. The van der Waals surface area contributed by atoms with E-state index in [0.717, 1.165) is 64.8 Å². The van der Waals surface area contributed by atoms with Gasteiger partial charge in [0.2, 0.25) is 5.88 Å². The van der Waals surface area contributed by atoms with Gasteiger partial charge in [0, 0.05) is 31.3 Å². The lowest BCUT2D eigenvalue weighted by Gasteiger charge is -2.31. The van der Waals surface area contributed by atoms with E-state index in [1.807, 2.05) is 60.7 Å². The van der Waals surface area contributed by atoms with Crippen molar-refractivity contribution in [3.63, 3.8) is 0 Å². The fourth-order valence-electron chi connectivity index (χ4n) is 6.03. The Labute approximate surface area is 256 Å². The Morgan fingerprint density at radius 3 is 2.57 bits per heavy atom. The van der Waals surface area contributed by atoms with Crippen LogP contribution in [0.25, 0.3) is 21.8 Å². The fraction of sp³-hybridized carbons (Fsp3) is 0.314. The second-order valence-electron chi connectivity index (χ2n) is 11.0. The Bertz CT molecular complexity index is 1830. The predicted molar refractivity (Wildman–Crippen MR) is 167 cm³/mol. The van der Waals surface area contributed by atoms with Gasteiger partial charge in [-0.15, -0.1) is 0 Å². The average molecular weight is 590 g/mol. The Morgan fingerprint density at radius 1 is 0.977 bits per heavy atom. The van der Waals surface area contributed by atoms with Gasteiger partial charge in [-0.25, -0.2) is 14.8 Å². The van der Waals surface area contributed by atoms with Gasteiger partial charge in [-0.3, -0.25) is 4.90 Å². The van der Waals surface area contributed by atoms with Crippen LogP contribution in [0.3, 0.4) is 0 Å². The number of likely N-dealkylation sites (tertiary alicyclic amines) is 1. The molecule has 0 N–H and O–H groups in total. The minimum Gasteiger partial charge on any atom is -0.473 e. The predicted octanol–water partition coefficient (Wildman–Crippen LogP) is 5.85. The molecule has 0 saturated carbocycles. The number of benzene rings is 3. The lowest BCUT2D eigenvalue weighted by atomic mass is 9.93. The zero-order valence-electron chi connectivity index (χ0n) is 25.0. The van der Waals surface area contributed by atoms with Gasteiger partial charge in [0.25, 0.3) is 0 Å². The van der Waals surface area contributed by atoms with E-state index in [9.17, 15) is 10.1 Å². The van der Waals surface area contributed by atoms with E-state index in [1.54, 1.807) is 13.2 Å². The van der Waals surface area contributed by atoms with Crippen molar-refractivity contribution in [2.45, 2.75) is 38.5 Å². The van der Waals surface area contributed by atoms with Gasteiger partial charge in [0.05, 0.1) is 48.5 Å². The molecule has 0 atom stereocenters. The van der Waals surface area contributed by atoms with Crippen LogP contribution in [0.4, 0.5) is 0 Å². The molecule has 0 amide bonds. The van der Waals surface area contributed by atoms with Gasteiger partial charge in [0.15, 0.2) is 0 Å². The molecule has 5 aromatic rings. The number of carbonyl (C=O) groups is 1. The van der Waals surface area contributed by atoms with Crippen molar-refractivity contribution in [1.29, 1.82) is 5.26 Å². The average Bonchev–Trinajstić information content (AvgIpc) is 3.41. The zero-order valence-corrected chi connectivity index (χ0v) is 25.0. The van der Waals surface area contributed by atoms with Crippen LogP contribution in [-0.2, 0) is 29.2 Å². The summed E-state index contributed by atoms with van der Waals surface area (Å²) in [6, 6.07) is 25.5. The second-order valence-corrected chi connectivity index (χ2v) is 11.0. The van der Waals surface area contributed by atoms with E-state index < -0.39 is 0 Å². The van der Waals surface area contributed by atoms with Gasteiger partial charge >= 0.3 is 5.97 Å². The Balaban J connectivity index is 1.11. The summed E-state index contributed by atoms with van der Waals surface area (Å²) in [6.45, 7) is 4.15. The summed E-state index contributed by atoms with van der Waals surface area (Å²) in [5.41, 5.74) is 5.01. The third kappa shape index (κ3) is 6.13. The van der Waals surface area contributed by atoms with Crippen molar-refractivity contribution in [2.75, 3.05) is 33.9 Å². The first-order valence-corrected chi connectivity index (χ1v) is 14.9. The van der Waals surface area contributed by atoms with Crippen LogP contribution in [0.15, 0.2) is 72.8 Å². The highest BCUT2D eigenvalue weighted by Crippen LogP contribution is 2.30. The van der Waals surface area contributed by atoms with Crippen LogP contribution in [0.1, 0.15) is 51.8 Å². The lowest BCUT2D eigenvalue weighted by molar-refractivity contribution is 0.0601. The molecule has 9 heteroatoms. The molecule has 9 nitrogen and oxygen atoms in total. The number of methoxy groups -OCH3 is 2. The highest BCUT2D eigenvalue weighted by molar-refractivity contribution is 5.94. The maximum absolute atomic E-state index is 12.1. The summed E-state index contributed by atoms with van der Waals surface area (Å²) in [5, 5.41) is 11.4. The molecule has 3 aromatic carbocycles. The number of fused-ring (bicyclic) bond motifs is 2. The van der Waals surface area contributed by atoms with Gasteiger partial charge in [-0.05, 0) is 72.6 Å². The van der Waals surface area contributed by atoms with E-state index in [2.05, 4.69) is 21.6 Å². The maximum atomic E-state index is 12.1. The Hall–Kier alpha value is -4.78. The van der Waals surface area contributed by atoms with Gasteiger partial charge in [0.1, 0.15) is 12.4 Å². The van der Waals surface area contributed by atoms with Crippen molar-refractivity contribution in [1.82, 2.24) is 19.4 Å². The minimum atomic E-state index is -0.360. The highest BCUT2D eigenvalue weighted by Gasteiger charge is 2.24. The number of hydrogen-bond donors (Lipinski definition) is 0. The number of carbonyl (C=O) groups excluding carboxylic acids is 1. The van der Waals surface area contributed by atoms with Crippen molar-refractivity contribution in [3.8, 4) is 11.9 Å². The summed E-state index contributed by atoms with van der Waals surface area (Å²) in [6.07, 6.45) is 1.98. The van der Waals surface area contributed by atoms with E-state index in [0.29, 0.717) is 49.2 Å². The first-order chi connectivity index (χ1) is 21.6. The van der Waals surface area contributed by atoms with E-state index in [-0.39, 0.29) is 5.97 Å². The minimum absolute atomic E-state index is 0.348. The quantitative estimate of drug-likeness (QED) is 0.187. The Morgan fingerprint density at radius 2 is 1.80 bits per heavy atom. The van der Waals surface area contributed by atoms with Crippen LogP contribution in [0.2, 0.25) is 0 Å². The summed E-state index contributed by atoms with van der Waals surface area (Å²) >= 11 is 0. The summed E-state index contributed by atoms with van der Waals surface area (Å²) in [7, 11) is 3.08. The molecule has 0 unspecified atom stereocenters. The van der Waals surface area contributed by atoms with Crippen LogP contribution in [-0.4, -0.2) is 59.3 Å². The third-order valence-electron chi connectivity index (χ3n) is 8.39. The number of ether oxygens (including phenoxy) is 3. The number of hydrogen-bond acceptors (Lipinski definition) is 8. The topological polar surface area (TPSA) is 103 Å². The van der Waals surface area contributed by atoms with Gasteiger partial charge < -0.3 is 18.8 Å². The smallest absolute Gasteiger partial charge is 0.337 e. The monoisotopic (exact) mass is 589 g/mol. The molecule has 0 radical (unpaired) electrons. The molecule has 6 rings (SSSR count). The number of piperidine rings is 1. The third-order valence-corrected chi connectivity index (χ3v) is 8.39. The van der Waals surface area contributed by atoms with Crippen molar-refractivity contribution < 1.29 is 19.0 Å².